The lowest BCUT2D eigenvalue weighted by Gasteiger charge is -2.40. The molecule has 0 saturated heterocycles. The lowest BCUT2D eigenvalue weighted by atomic mass is 10.0. The van der Waals surface area contributed by atoms with Crippen LogP contribution >= 0.6 is 0 Å². The van der Waals surface area contributed by atoms with Crippen molar-refractivity contribution in [2.24, 2.45) is 17.8 Å². The first-order valence-corrected chi connectivity index (χ1v) is 17.7. The van der Waals surface area contributed by atoms with Gasteiger partial charge in [-0.3, -0.25) is 14.4 Å². The first-order chi connectivity index (χ1) is 20.5. The van der Waals surface area contributed by atoms with E-state index >= 15 is 0 Å². The molecule has 0 amide bonds. The number of allylic oxidation sites excluding steroid dienone is 2. The summed E-state index contributed by atoms with van der Waals surface area (Å²) in [6.45, 7) is 10.2. The average molecular weight is 611 g/mol. The molecule has 3 unspecified atom stereocenters. The summed E-state index contributed by atoms with van der Waals surface area (Å²) in [6.07, 6.45) is 27.8. The molecule has 0 aromatic heterocycles. The Balaban J connectivity index is 4.45. The highest BCUT2D eigenvalue weighted by atomic mass is 16.4. The van der Waals surface area contributed by atoms with Gasteiger partial charge >= 0.3 is 17.9 Å². The highest BCUT2D eigenvalue weighted by Gasteiger charge is 2.31. The number of aliphatic carboxylic acids is 3. The predicted octanol–water partition coefficient (Wildman–Crippen LogP) is 9.34. The molecule has 0 aromatic carbocycles. The van der Waals surface area contributed by atoms with Crippen LogP contribution in [0.2, 0.25) is 0 Å². The van der Waals surface area contributed by atoms with Crippen molar-refractivity contribution in [1.82, 2.24) is 0 Å². The van der Waals surface area contributed by atoms with Crippen LogP contribution in [0.15, 0.2) is 12.2 Å². The van der Waals surface area contributed by atoms with E-state index in [9.17, 15) is 29.7 Å². The topological polar surface area (TPSA) is 112 Å². The van der Waals surface area contributed by atoms with Gasteiger partial charge in [0, 0.05) is 19.3 Å². The molecule has 0 fully saturated rings. The maximum absolute atomic E-state index is 11.5. The van der Waals surface area contributed by atoms with Gasteiger partial charge in [0.25, 0.3) is 0 Å². The minimum atomic E-state index is -0.823. The van der Waals surface area contributed by atoms with E-state index in [1.54, 1.807) is 20.8 Å². The van der Waals surface area contributed by atoms with Gasteiger partial charge in [0.15, 0.2) is 0 Å². The van der Waals surface area contributed by atoms with Crippen molar-refractivity contribution in [2.75, 3.05) is 26.2 Å². The summed E-state index contributed by atoms with van der Waals surface area (Å²) < 4.78 is 0.613. The van der Waals surface area contributed by atoms with Gasteiger partial charge in [-0.05, 0) is 38.5 Å². The van der Waals surface area contributed by atoms with Gasteiger partial charge < -0.3 is 19.8 Å². The lowest BCUT2D eigenvalue weighted by Crippen LogP contribution is -2.52. The largest absolute Gasteiger partial charge is 0.481 e. The maximum Gasteiger partial charge on any atom is 0.306 e. The molecule has 3 N–H and O–H groups in total. The van der Waals surface area contributed by atoms with Gasteiger partial charge in [-0.15, -0.1) is 0 Å². The van der Waals surface area contributed by atoms with Gasteiger partial charge in [0.1, 0.15) is 0 Å². The van der Waals surface area contributed by atoms with Crippen LogP contribution in [-0.4, -0.2) is 63.9 Å². The highest BCUT2D eigenvalue weighted by molar-refractivity contribution is 5.70. The van der Waals surface area contributed by atoms with Crippen LogP contribution in [0.3, 0.4) is 0 Å². The second-order valence-electron chi connectivity index (χ2n) is 13.3. The van der Waals surface area contributed by atoms with Crippen LogP contribution in [0.1, 0.15) is 156 Å². The minimum Gasteiger partial charge on any atom is -0.481 e. The summed E-state index contributed by atoms with van der Waals surface area (Å²) in [5.74, 6) is -3.90. The molecule has 252 valence electrons. The molecule has 0 rings (SSSR count). The number of hydrogen-bond acceptors (Lipinski definition) is 3. The second kappa shape index (κ2) is 26.5. The van der Waals surface area contributed by atoms with Gasteiger partial charge in [0.05, 0.1) is 43.9 Å². The fourth-order valence-corrected chi connectivity index (χ4v) is 5.67. The zero-order valence-electron chi connectivity index (χ0n) is 28.4. The van der Waals surface area contributed by atoms with Crippen LogP contribution in [0, 0.1) is 17.8 Å². The molecular formula is C36H68NO6+. The molecule has 0 saturated carbocycles. The smallest absolute Gasteiger partial charge is 0.306 e. The molecule has 0 aliphatic rings. The monoisotopic (exact) mass is 611 g/mol. The van der Waals surface area contributed by atoms with Crippen molar-refractivity contribution in [1.29, 1.82) is 0 Å². The van der Waals surface area contributed by atoms with Crippen molar-refractivity contribution in [2.45, 2.75) is 156 Å². The fourth-order valence-electron chi connectivity index (χ4n) is 5.67. The third-order valence-electron chi connectivity index (χ3n) is 9.27. The molecule has 0 spiro atoms. The number of nitrogens with zero attached hydrogens (tertiary/aromatic N) is 1. The molecule has 43 heavy (non-hydrogen) atoms. The molecule has 0 aliphatic heterocycles. The Morgan fingerprint density at radius 3 is 1.12 bits per heavy atom. The summed E-state index contributed by atoms with van der Waals surface area (Å²) in [5, 5.41) is 28.3. The van der Waals surface area contributed by atoms with Gasteiger partial charge in [-0.1, -0.05) is 110 Å². The Morgan fingerprint density at radius 1 is 0.488 bits per heavy atom. The fraction of sp³-hybridized carbons (Fsp3) is 0.861. The number of carboxylic acid groups (broad SMARTS) is 3. The van der Waals surface area contributed by atoms with Crippen LogP contribution in [0.5, 0.6) is 0 Å². The number of unbranched alkanes of at least 4 members (excludes halogenated alkanes) is 15. The zero-order valence-corrected chi connectivity index (χ0v) is 28.4. The molecular weight excluding hydrogens is 542 g/mol. The first kappa shape index (κ1) is 41.1. The molecule has 0 radical (unpaired) electrons. The summed E-state index contributed by atoms with van der Waals surface area (Å²) in [4.78, 5) is 34.5. The summed E-state index contributed by atoms with van der Waals surface area (Å²) in [5.41, 5.74) is 0. The Kier molecular flexibility index (Phi) is 25.3. The van der Waals surface area contributed by atoms with Gasteiger partial charge in [0.2, 0.25) is 0 Å². The van der Waals surface area contributed by atoms with Crippen LogP contribution in [0.4, 0.5) is 0 Å². The molecule has 7 nitrogen and oxygen atoms in total. The van der Waals surface area contributed by atoms with Crippen molar-refractivity contribution in [3.05, 3.63) is 12.2 Å². The Morgan fingerprint density at radius 2 is 0.791 bits per heavy atom. The Bertz CT molecular complexity index is 692. The van der Waals surface area contributed by atoms with E-state index in [2.05, 4.69) is 19.1 Å². The van der Waals surface area contributed by atoms with E-state index in [4.69, 9.17) is 0 Å². The van der Waals surface area contributed by atoms with Crippen LogP contribution in [0.25, 0.3) is 0 Å². The van der Waals surface area contributed by atoms with Crippen LogP contribution in [-0.2, 0) is 14.4 Å². The van der Waals surface area contributed by atoms with Crippen LogP contribution < -0.4 is 0 Å². The molecule has 0 heterocycles. The number of rotatable bonds is 31. The number of hydrogen-bond donors (Lipinski definition) is 3. The maximum atomic E-state index is 11.5. The number of carbonyl (C=O) groups is 3. The Labute approximate surface area is 264 Å². The molecule has 3 atom stereocenters. The summed E-state index contributed by atoms with van der Waals surface area (Å²) in [7, 11) is 0. The van der Waals surface area contributed by atoms with Crippen molar-refractivity contribution in [3.63, 3.8) is 0 Å². The third kappa shape index (κ3) is 23.2. The first-order valence-electron chi connectivity index (χ1n) is 17.7. The molecule has 0 aromatic rings. The second-order valence-corrected chi connectivity index (χ2v) is 13.3. The minimum absolute atomic E-state index is 0.478. The van der Waals surface area contributed by atoms with E-state index in [0.29, 0.717) is 43.4 Å². The SMILES string of the molecule is CCCCCC/C=C/CCCCCCCCCCCCC[N+](CCC(C)C(=O)O)(CCC(C)C(=O)O)CCC(C)C(=O)O. The number of carboxylic acids is 3. The van der Waals surface area contributed by atoms with E-state index in [0.717, 1.165) is 19.4 Å². The normalized spacial score (nSPS) is 15.3. The quantitative estimate of drug-likeness (QED) is 0.0410. The van der Waals surface area contributed by atoms with E-state index in [-0.39, 0.29) is 0 Å². The van der Waals surface area contributed by atoms with Crippen molar-refractivity contribution in [3.8, 4) is 0 Å². The standard InChI is InChI=1S/C36H67NO6/c1-5-6-7-8-9-10-11-12-13-14-15-16-17-18-19-20-21-22-23-27-37(28-24-31(2)34(38)39,29-25-32(3)35(40)41)30-26-33(4)36(42)43/h10-11,31-33H,5-9,12-30H2,1-4H3,(H2-,38,39,40,41,42,43)/p+1/b11-10+. The van der Waals surface area contributed by atoms with E-state index < -0.39 is 35.7 Å². The molecule has 0 bridgehead atoms. The Hall–Kier alpha value is -1.89. The summed E-state index contributed by atoms with van der Waals surface area (Å²) >= 11 is 0. The molecule has 0 aliphatic carbocycles. The third-order valence-corrected chi connectivity index (χ3v) is 9.27. The number of quaternary nitrogens is 1. The highest BCUT2D eigenvalue weighted by Crippen LogP contribution is 2.22. The van der Waals surface area contributed by atoms with Gasteiger partial charge in [-0.2, -0.15) is 0 Å². The zero-order chi connectivity index (χ0) is 32.3. The van der Waals surface area contributed by atoms with E-state index in [1.807, 2.05) is 0 Å². The van der Waals surface area contributed by atoms with Crippen molar-refractivity contribution < 1.29 is 34.2 Å². The van der Waals surface area contributed by atoms with Gasteiger partial charge in [-0.25, -0.2) is 0 Å². The van der Waals surface area contributed by atoms with Crippen molar-refractivity contribution >= 4 is 17.9 Å². The average Bonchev–Trinajstić information content (AvgIpc) is 2.97. The molecule has 7 heteroatoms. The van der Waals surface area contributed by atoms with E-state index in [1.165, 1.54) is 96.3 Å². The summed E-state index contributed by atoms with van der Waals surface area (Å²) in [6, 6.07) is 0. The lowest BCUT2D eigenvalue weighted by molar-refractivity contribution is -0.929. The predicted molar refractivity (Wildman–Crippen MR) is 177 cm³/mol.